The van der Waals surface area contributed by atoms with Crippen molar-refractivity contribution in [1.29, 1.82) is 0 Å². The maximum absolute atomic E-state index is 12.5. The maximum atomic E-state index is 12.5. The summed E-state index contributed by atoms with van der Waals surface area (Å²) in [5.74, 6) is -0.611. The average Bonchev–Trinajstić information content (AvgIpc) is 3.17. The molecular weight excluding hydrogens is 444 g/mol. The standard InChI is InChI=1S/C28H36N2O5/c1-3-20(13-14-26(31)29-17-16-19(2)12-15-27(32)33)30-28(34)35-18-25-23-10-6-4-8-21(23)22-9-5-7-11-24(22)25/h4-11,19-20,25H,3,12-18H2,1-2H3,(H,29,31)(H,30,34)(H,32,33). The summed E-state index contributed by atoms with van der Waals surface area (Å²) in [6.07, 6.45) is 2.57. The molecule has 0 aromatic heterocycles. The summed E-state index contributed by atoms with van der Waals surface area (Å²) in [5, 5.41) is 14.5. The van der Waals surface area contributed by atoms with Crippen LogP contribution in [-0.2, 0) is 14.3 Å². The molecule has 2 amide bonds. The zero-order valence-electron chi connectivity index (χ0n) is 20.6. The first-order valence-corrected chi connectivity index (χ1v) is 12.5. The number of carbonyl (C=O) groups excluding carboxylic acids is 2. The van der Waals surface area contributed by atoms with Crippen LogP contribution in [0.25, 0.3) is 11.1 Å². The molecule has 2 aromatic carbocycles. The van der Waals surface area contributed by atoms with E-state index in [9.17, 15) is 14.4 Å². The Labute approximate surface area is 207 Å². The number of carbonyl (C=O) groups is 3. The Hall–Kier alpha value is -3.35. The molecular formula is C28H36N2O5. The van der Waals surface area contributed by atoms with Crippen LogP contribution in [0, 0.1) is 5.92 Å². The number of benzene rings is 2. The summed E-state index contributed by atoms with van der Waals surface area (Å²) < 4.78 is 5.62. The van der Waals surface area contributed by atoms with Crippen LogP contribution in [-0.4, -0.2) is 42.3 Å². The van der Waals surface area contributed by atoms with Crippen LogP contribution < -0.4 is 10.6 Å². The summed E-state index contributed by atoms with van der Waals surface area (Å²) >= 11 is 0. The van der Waals surface area contributed by atoms with Gasteiger partial charge in [0.25, 0.3) is 0 Å². The number of carboxylic acid groups (broad SMARTS) is 1. The fraction of sp³-hybridized carbons (Fsp3) is 0.464. The van der Waals surface area contributed by atoms with Crippen molar-refractivity contribution in [2.24, 2.45) is 5.92 Å². The molecule has 7 nitrogen and oxygen atoms in total. The van der Waals surface area contributed by atoms with Gasteiger partial charge in [0, 0.05) is 31.3 Å². The topological polar surface area (TPSA) is 105 Å². The molecule has 0 radical (unpaired) electrons. The molecule has 0 fully saturated rings. The first-order chi connectivity index (χ1) is 16.9. The van der Waals surface area contributed by atoms with Gasteiger partial charge in [-0.3, -0.25) is 9.59 Å². The molecule has 0 aliphatic heterocycles. The second-order valence-electron chi connectivity index (χ2n) is 9.29. The number of aliphatic carboxylic acids is 1. The van der Waals surface area contributed by atoms with Crippen molar-refractivity contribution < 1.29 is 24.2 Å². The Kier molecular flexibility index (Phi) is 9.70. The normalized spacial score (nSPS) is 13.9. The number of amides is 2. The van der Waals surface area contributed by atoms with Crippen molar-refractivity contribution >= 4 is 18.0 Å². The van der Waals surface area contributed by atoms with Crippen LogP contribution in [0.15, 0.2) is 48.5 Å². The van der Waals surface area contributed by atoms with E-state index in [2.05, 4.69) is 34.9 Å². The molecule has 188 valence electrons. The molecule has 1 aliphatic carbocycles. The van der Waals surface area contributed by atoms with E-state index in [-0.39, 0.29) is 36.8 Å². The van der Waals surface area contributed by atoms with E-state index in [4.69, 9.17) is 9.84 Å². The molecule has 2 atom stereocenters. The molecule has 0 saturated carbocycles. The molecule has 35 heavy (non-hydrogen) atoms. The lowest BCUT2D eigenvalue weighted by Gasteiger charge is -2.19. The maximum Gasteiger partial charge on any atom is 0.407 e. The van der Waals surface area contributed by atoms with Crippen LogP contribution in [0.2, 0.25) is 0 Å². The molecule has 3 N–H and O–H groups in total. The molecule has 0 saturated heterocycles. The van der Waals surface area contributed by atoms with Crippen molar-refractivity contribution in [2.75, 3.05) is 13.2 Å². The van der Waals surface area contributed by atoms with Gasteiger partial charge in [-0.05, 0) is 53.9 Å². The summed E-state index contributed by atoms with van der Waals surface area (Å²) in [5.41, 5.74) is 4.71. The average molecular weight is 481 g/mol. The summed E-state index contributed by atoms with van der Waals surface area (Å²) in [6, 6.07) is 16.3. The number of rotatable bonds is 13. The molecule has 0 heterocycles. The minimum atomic E-state index is -0.796. The molecule has 2 unspecified atom stereocenters. The SMILES string of the molecule is CCC(CCC(=O)NCCC(C)CCC(=O)O)NC(=O)OCC1c2ccccc2-c2ccccc21. The van der Waals surface area contributed by atoms with Crippen molar-refractivity contribution in [3.05, 3.63) is 59.7 Å². The van der Waals surface area contributed by atoms with Crippen molar-refractivity contribution in [3.63, 3.8) is 0 Å². The third-order valence-electron chi connectivity index (χ3n) is 6.69. The summed E-state index contributed by atoms with van der Waals surface area (Å²) in [7, 11) is 0. The Bertz CT molecular complexity index is 976. The van der Waals surface area contributed by atoms with Crippen LogP contribution in [0.1, 0.15) is 69.4 Å². The van der Waals surface area contributed by atoms with Gasteiger partial charge in [-0.15, -0.1) is 0 Å². The van der Waals surface area contributed by atoms with Gasteiger partial charge in [0.2, 0.25) is 5.91 Å². The lowest BCUT2D eigenvalue weighted by molar-refractivity contribution is -0.137. The Balaban J connectivity index is 1.40. The van der Waals surface area contributed by atoms with Gasteiger partial charge in [-0.25, -0.2) is 4.79 Å². The largest absolute Gasteiger partial charge is 0.481 e. The van der Waals surface area contributed by atoms with E-state index < -0.39 is 12.1 Å². The Morgan fingerprint density at radius 2 is 1.57 bits per heavy atom. The number of ether oxygens (including phenoxy) is 1. The van der Waals surface area contributed by atoms with Crippen molar-refractivity contribution in [3.8, 4) is 11.1 Å². The highest BCUT2D eigenvalue weighted by molar-refractivity contribution is 5.79. The van der Waals surface area contributed by atoms with E-state index in [0.717, 1.165) is 6.42 Å². The predicted octanol–water partition coefficient (Wildman–Crippen LogP) is 5.09. The van der Waals surface area contributed by atoms with E-state index in [1.807, 2.05) is 38.1 Å². The molecule has 2 aromatic rings. The van der Waals surface area contributed by atoms with Gasteiger partial charge >= 0.3 is 12.1 Å². The van der Waals surface area contributed by atoms with Gasteiger partial charge in [0.05, 0.1) is 0 Å². The quantitative estimate of drug-likeness (QED) is 0.370. The number of nitrogens with one attached hydrogen (secondary N) is 2. The van der Waals surface area contributed by atoms with E-state index in [1.165, 1.54) is 22.3 Å². The molecule has 0 spiro atoms. The molecule has 1 aliphatic rings. The fourth-order valence-electron chi connectivity index (χ4n) is 4.55. The smallest absolute Gasteiger partial charge is 0.407 e. The summed E-state index contributed by atoms with van der Waals surface area (Å²) in [4.78, 5) is 35.3. The lowest BCUT2D eigenvalue weighted by Crippen LogP contribution is -2.36. The van der Waals surface area contributed by atoms with Gasteiger partial charge < -0.3 is 20.5 Å². The van der Waals surface area contributed by atoms with Crippen LogP contribution in [0.3, 0.4) is 0 Å². The van der Waals surface area contributed by atoms with Crippen molar-refractivity contribution in [2.45, 2.75) is 64.3 Å². The number of alkyl carbamates (subject to hydrolysis) is 1. The van der Waals surface area contributed by atoms with E-state index in [1.54, 1.807) is 0 Å². The fourth-order valence-corrected chi connectivity index (χ4v) is 4.55. The van der Waals surface area contributed by atoms with Crippen LogP contribution in [0.4, 0.5) is 4.79 Å². The zero-order valence-corrected chi connectivity index (χ0v) is 20.6. The first kappa shape index (κ1) is 26.3. The zero-order chi connectivity index (χ0) is 25.2. The van der Waals surface area contributed by atoms with Gasteiger partial charge in [-0.2, -0.15) is 0 Å². The van der Waals surface area contributed by atoms with Gasteiger partial charge in [0.15, 0.2) is 0 Å². The minimum absolute atomic E-state index is 0.0110. The second-order valence-corrected chi connectivity index (χ2v) is 9.29. The number of carboxylic acids is 1. The molecule has 0 bridgehead atoms. The highest BCUT2D eigenvalue weighted by atomic mass is 16.5. The number of fused-ring (bicyclic) bond motifs is 3. The van der Waals surface area contributed by atoms with Crippen LogP contribution >= 0.6 is 0 Å². The number of hydrogen-bond acceptors (Lipinski definition) is 4. The predicted molar refractivity (Wildman–Crippen MR) is 135 cm³/mol. The Morgan fingerprint density at radius 3 is 2.17 bits per heavy atom. The lowest BCUT2D eigenvalue weighted by atomic mass is 9.98. The second kappa shape index (κ2) is 12.9. The molecule has 3 rings (SSSR count). The third-order valence-corrected chi connectivity index (χ3v) is 6.69. The Morgan fingerprint density at radius 1 is 0.943 bits per heavy atom. The van der Waals surface area contributed by atoms with Gasteiger partial charge in [-0.1, -0.05) is 62.4 Å². The molecule has 7 heteroatoms. The third kappa shape index (κ3) is 7.57. The minimum Gasteiger partial charge on any atom is -0.481 e. The van der Waals surface area contributed by atoms with Crippen molar-refractivity contribution in [1.82, 2.24) is 10.6 Å². The first-order valence-electron chi connectivity index (χ1n) is 12.5. The van der Waals surface area contributed by atoms with E-state index >= 15 is 0 Å². The van der Waals surface area contributed by atoms with Crippen LogP contribution in [0.5, 0.6) is 0 Å². The highest BCUT2D eigenvalue weighted by Crippen LogP contribution is 2.44. The van der Waals surface area contributed by atoms with E-state index in [0.29, 0.717) is 32.2 Å². The van der Waals surface area contributed by atoms with Gasteiger partial charge in [0.1, 0.15) is 6.61 Å². The monoisotopic (exact) mass is 480 g/mol. The number of hydrogen-bond donors (Lipinski definition) is 3. The highest BCUT2D eigenvalue weighted by Gasteiger charge is 2.29. The summed E-state index contributed by atoms with van der Waals surface area (Å²) in [6.45, 7) is 4.74.